The molecule has 0 saturated carbocycles. The lowest BCUT2D eigenvalue weighted by atomic mass is 10.1. The third kappa shape index (κ3) is 2.06. The zero-order valence-corrected chi connectivity index (χ0v) is 9.45. The standard InChI is InChI=1S/C11H14N4O/c1-3-5-10(16)13-9-6-4-7-15-11(9)12-8(2)14-15/h9H,4,6-7H2,1-2H3,(H,13,16). The van der Waals surface area contributed by atoms with E-state index in [1.165, 1.54) is 0 Å². The Morgan fingerprint density at radius 1 is 1.62 bits per heavy atom. The summed E-state index contributed by atoms with van der Waals surface area (Å²) in [4.78, 5) is 15.7. The van der Waals surface area contributed by atoms with Crippen molar-refractivity contribution < 1.29 is 4.79 Å². The molecule has 0 saturated heterocycles. The van der Waals surface area contributed by atoms with Gasteiger partial charge in [-0.15, -0.1) is 0 Å². The number of aromatic nitrogens is 3. The van der Waals surface area contributed by atoms with Crippen LogP contribution in [0.4, 0.5) is 0 Å². The summed E-state index contributed by atoms with van der Waals surface area (Å²) in [5, 5.41) is 7.13. The highest BCUT2D eigenvalue weighted by Gasteiger charge is 2.24. The maximum absolute atomic E-state index is 11.4. The van der Waals surface area contributed by atoms with Crippen molar-refractivity contribution in [1.29, 1.82) is 0 Å². The maximum Gasteiger partial charge on any atom is 0.296 e. The van der Waals surface area contributed by atoms with Gasteiger partial charge in [0.05, 0.1) is 6.04 Å². The first-order chi connectivity index (χ1) is 7.70. The Balaban J connectivity index is 2.17. The second-order valence-electron chi connectivity index (χ2n) is 3.78. The quantitative estimate of drug-likeness (QED) is 0.701. The molecule has 5 nitrogen and oxygen atoms in total. The first-order valence-corrected chi connectivity index (χ1v) is 5.35. The first-order valence-electron chi connectivity index (χ1n) is 5.35. The summed E-state index contributed by atoms with van der Waals surface area (Å²) in [6.07, 6.45) is 1.90. The Hall–Kier alpha value is -1.83. The molecule has 1 amide bonds. The number of fused-ring (bicyclic) bond motifs is 1. The van der Waals surface area contributed by atoms with E-state index in [0.717, 1.165) is 31.0 Å². The summed E-state index contributed by atoms with van der Waals surface area (Å²) >= 11 is 0. The first kappa shape index (κ1) is 10.7. The van der Waals surface area contributed by atoms with Crippen LogP contribution >= 0.6 is 0 Å². The number of aryl methyl sites for hydroxylation is 2. The van der Waals surface area contributed by atoms with Gasteiger partial charge in [0.25, 0.3) is 5.91 Å². The molecule has 0 aliphatic carbocycles. The normalized spacial score (nSPS) is 18.2. The number of carbonyl (C=O) groups is 1. The van der Waals surface area contributed by atoms with Gasteiger partial charge in [-0.3, -0.25) is 4.79 Å². The van der Waals surface area contributed by atoms with Crippen LogP contribution in [-0.2, 0) is 11.3 Å². The van der Waals surface area contributed by atoms with Crippen LogP contribution < -0.4 is 5.32 Å². The number of nitrogens with one attached hydrogen (secondary N) is 1. The maximum atomic E-state index is 11.4. The lowest BCUT2D eigenvalue weighted by Gasteiger charge is -2.21. The molecule has 0 fully saturated rings. The molecule has 1 atom stereocenters. The van der Waals surface area contributed by atoms with Gasteiger partial charge in [-0.1, -0.05) is 5.92 Å². The fraction of sp³-hybridized carbons (Fsp3) is 0.545. The average Bonchev–Trinajstić information content (AvgIpc) is 2.60. The van der Waals surface area contributed by atoms with Gasteiger partial charge >= 0.3 is 0 Å². The van der Waals surface area contributed by atoms with Crippen molar-refractivity contribution in [3.63, 3.8) is 0 Å². The highest BCUT2D eigenvalue weighted by molar-refractivity contribution is 5.93. The summed E-state index contributed by atoms with van der Waals surface area (Å²) in [7, 11) is 0. The van der Waals surface area contributed by atoms with E-state index in [4.69, 9.17) is 0 Å². The van der Waals surface area contributed by atoms with Crippen LogP contribution in [0.5, 0.6) is 0 Å². The van der Waals surface area contributed by atoms with E-state index in [1.54, 1.807) is 6.92 Å². The van der Waals surface area contributed by atoms with E-state index >= 15 is 0 Å². The van der Waals surface area contributed by atoms with Gasteiger partial charge in [-0.2, -0.15) is 5.10 Å². The van der Waals surface area contributed by atoms with E-state index in [-0.39, 0.29) is 11.9 Å². The molecule has 16 heavy (non-hydrogen) atoms. The van der Waals surface area contributed by atoms with Crippen molar-refractivity contribution in [3.8, 4) is 11.8 Å². The predicted octanol–water partition coefficient (Wildman–Crippen LogP) is 0.561. The number of carbonyl (C=O) groups excluding carboxylic acids is 1. The second kappa shape index (κ2) is 4.35. The molecule has 1 aromatic heterocycles. The Morgan fingerprint density at radius 2 is 2.44 bits per heavy atom. The summed E-state index contributed by atoms with van der Waals surface area (Å²) < 4.78 is 1.86. The Bertz CT molecular complexity index is 466. The van der Waals surface area contributed by atoms with Crippen LogP contribution in [0.1, 0.15) is 37.5 Å². The van der Waals surface area contributed by atoms with Crippen LogP contribution in [0.25, 0.3) is 0 Å². The smallest absolute Gasteiger partial charge is 0.296 e. The van der Waals surface area contributed by atoms with E-state index in [1.807, 2.05) is 11.6 Å². The van der Waals surface area contributed by atoms with E-state index < -0.39 is 0 Å². The molecular formula is C11H14N4O. The Kier molecular flexibility index (Phi) is 2.91. The summed E-state index contributed by atoms with van der Waals surface area (Å²) in [6, 6.07) is -0.0525. The molecule has 1 N–H and O–H groups in total. The number of rotatable bonds is 1. The van der Waals surface area contributed by atoms with Crippen LogP contribution in [0.15, 0.2) is 0 Å². The largest absolute Gasteiger partial charge is 0.335 e. The summed E-state index contributed by atoms with van der Waals surface area (Å²) in [5.41, 5.74) is 0. The number of hydrogen-bond donors (Lipinski definition) is 1. The molecular weight excluding hydrogens is 204 g/mol. The fourth-order valence-corrected chi connectivity index (χ4v) is 1.91. The van der Waals surface area contributed by atoms with Crippen LogP contribution in [0.3, 0.4) is 0 Å². The molecule has 1 aliphatic heterocycles. The van der Waals surface area contributed by atoms with Crippen LogP contribution in [-0.4, -0.2) is 20.7 Å². The minimum absolute atomic E-state index is 0.0525. The average molecular weight is 218 g/mol. The van der Waals surface area contributed by atoms with E-state index in [2.05, 4.69) is 27.2 Å². The van der Waals surface area contributed by atoms with Crippen molar-refractivity contribution in [2.45, 2.75) is 39.3 Å². The Morgan fingerprint density at radius 3 is 3.19 bits per heavy atom. The highest BCUT2D eigenvalue weighted by Crippen LogP contribution is 2.22. The van der Waals surface area contributed by atoms with Crippen molar-refractivity contribution >= 4 is 5.91 Å². The van der Waals surface area contributed by atoms with Crippen LogP contribution in [0, 0.1) is 18.8 Å². The molecule has 0 radical (unpaired) electrons. The SMILES string of the molecule is CC#CC(=O)NC1CCCn2nc(C)nc21. The molecule has 0 spiro atoms. The number of nitrogens with zero attached hydrogens (tertiary/aromatic N) is 3. The minimum atomic E-state index is -0.249. The zero-order valence-electron chi connectivity index (χ0n) is 9.45. The van der Waals surface area contributed by atoms with Crippen molar-refractivity contribution in [2.75, 3.05) is 0 Å². The lowest BCUT2D eigenvalue weighted by molar-refractivity contribution is -0.116. The topological polar surface area (TPSA) is 59.8 Å². The van der Waals surface area contributed by atoms with Gasteiger partial charge in [0.15, 0.2) is 0 Å². The number of hydrogen-bond acceptors (Lipinski definition) is 3. The van der Waals surface area contributed by atoms with Crippen molar-refractivity contribution in [2.24, 2.45) is 0 Å². The number of amides is 1. The molecule has 84 valence electrons. The molecule has 2 heterocycles. The summed E-state index contributed by atoms with van der Waals surface area (Å²) in [6.45, 7) is 4.38. The fourth-order valence-electron chi connectivity index (χ4n) is 1.91. The minimum Gasteiger partial charge on any atom is -0.335 e. The highest BCUT2D eigenvalue weighted by atomic mass is 16.1. The van der Waals surface area contributed by atoms with E-state index in [0.29, 0.717) is 0 Å². The molecule has 0 bridgehead atoms. The second-order valence-corrected chi connectivity index (χ2v) is 3.78. The van der Waals surface area contributed by atoms with Gasteiger partial charge in [0.2, 0.25) is 0 Å². The van der Waals surface area contributed by atoms with Gasteiger partial charge in [-0.25, -0.2) is 9.67 Å². The van der Waals surface area contributed by atoms with Crippen LogP contribution in [0.2, 0.25) is 0 Å². The molecule has 1 aromatic rings. The van der Waals surface area contributed by atoms with Crippen molar-refractivity contribution in [1.82, 2.24) is 20.1 Å². The third-order valence-electron chi connectivity index (χ3n) is 2.52. The Labute approximate surface area is 94.2 Å². The van der Waals surface area contributed by atoms with E-state index in [9.17, 15) is 4.79 Å². The zero-order chi connectivity index (χ0) is 11.5. The molecule has 1 aliphatic rings. The van der Waals surface area contributed by atoms with Crippen molar-refractivity contribution in [3.05, 3.63) is 11.6 Å². The van der Waals surface area contributed by atoms with Gasteiger partial charge in [-0.05, 0) is 32.6 Å². The van der Waals surface area contributed by atoms with Gasteiger partial charge in [0.1, 0.15) is 11.6 Å². The molecule has 2 rings (SSSR count). The molecule has 1 unspecified atom stereocenters. The van der Waals surface area contributed by atoms with Gasteiger partial charge < -0.3 is 5.32 Å². The van der Waals surface area contributed by atoms with Gasteiger partial charge in [0, 0.05) is 6.54 Å². The predicted molar refractivity (Wildman–Crippen MR) is 58.3 cm³/mol. The summed E-state index contributed by atoms with van der Waals surface area (Å²) in [5.74, 6) is 6.40. The monoisotopic (exact) mass is 218 g/mol. The third-order valence-corrected chi connectivity index (χ3v) is 2.52. The molecule has 5 heteroatoms. The lowest BCUT2D eigenvalue weighted by Crippen LogP contribution is -2.32. The molecule has 0 aromatic carbocycles.